The van der Waals surface area contributed by atoms with Crippen LogP contribution in [0, 0.1) is 10.1 Å². The molecule has 0 radical (unpaired) electrons. The topological polar surface area (TPSA) is 80.1 Å². The molecule has 0 aromatic heterocycles. The van der Waals surface area contributed by atoms with Crippen LogP contribution in [0.5, 0.6) is 17.2 Å². The molecular weight excluding hydrogens is 374 g/mol. The summed E-state index contributed by atoms with van der Waals surface area (Å²) in [6.07, 6.45) is 4.91. The average molecular weight is 399 g/mol. The van der Waals surface area contributed by atoms with Gasteiger partial charge >= 0.3 is 5.69 Å². The predicted octanol–water partition coefficient (Wildman–Crippen LogP) is 4.80. The molecule has 7 heteroatoms. The minimum atomic E-state index is -0.545. The van der Waals surface area contributed by atoms with Crippen LogP contribution < -0.4 is 9.47 Å². The molecule has 2 aromatic carbocycles. The standard InChI is InChI=1S/C22H25NO6/c1-26-20-8-6-17-9-11-22(27-12-13-28-22)10-3-2-4-16-5-7-19(29-21(20)15-17)18(14-16)23(24)25/h5-8,14-15H,2-4,9-13H2,1H3. The molecule has 0 amide bonds. The van der Waals surface area contributed by atoms with E-state index in [0.717, 1.165) is 49.7 Å². The van der Waals surface area contributed by atoms with Gasteiger partial charge in [-0.3, -0.25) is 10.1 Å². The van der Waals surface area contributed by atoms with Crippen molar-refractivity contribution in [3.63, 3.8) is 0 Å². The summed E-state index contributed by atoms with van der Waals surface area (Å²) in [4.78, 5) is 11.2. The maximum Gasteiger partial charge on any atom is 0.311 e. The third-order valence-corrected chi connectivity index (χ3v) is 5.55. The SMILES string of the molecule is COc1ccc2cc1Oc1ccc(cc1[N+](=O)[O-])CCCCC1(CC2)OCCO1. The van der Waals surface area contributed by atoms with Crippen LogP contribution in [0.4, 0.5) is 5.69 Å². The Kier molecular flexibility index (Phi) is 5.69. The van der Waals surface area contributed by atoms with E-state index in [1.165, 1.54) is 0 Å². The highest BCUT2D eigenvalue weighted by Gasteiger charge is 2.35. The molecule has 154 valence electrons. The highest BCUT2D eigenvalue weighted by molar-refractivity contribution is 5.53. The second kappa shape index (κ2) is 8.39. The number of hydrogen-bond acceptors (Lipinski definition) is 6. The molecule has 5 rings (SSSR count). The number of aryl methyl sites for hydroxylation is 2. The van der Waals surface area contributed by atoms with Crippen LogP contribution in [0.3, 0.4) is 0 Å². The second-order valence-corrected chi connectivity index (χ2v) is 7.46. The summed E-state index contributed by atoms with van der Waals surface area (Å²) in [5, 5.41) is 11.6. The lowest BCUT2D eigenvalue weighted by atomic mass is 9.98. The molecule has 0 atom stereocenters. The molecule has 3 aliphatic rings. The fourth-order valence-electron chi connectivity index (χ4n) is 3.99. The summed E-state index contributed by atoms with van der Waals surface area (Å²) in [5.74, 6) is 0.650. The van der Waals surface area contributed by atoms with Gasteiger partial charge in [0, 0.05) is 18.9 Å². The van der Waals surface area contributed by atoms with Gasteiger partial charge in [0.05, 0.1) is 25.2 Å². The lowest BCUT2D eigenvalue weighted by Crippen LogP contribution is -2.30. The first-order chi connectivity index (χ1) is 14.1. The average Bonchev–Trinajstić information content (AvgIpc) is 3.19. The Labute approximate surface area is 169 Å². The fraction of sp³-hybridized carbons (Fsp3) is 0.455. The molecule has 0 aliphatic carbocycles. The van der Waals surface area contributed by atoms with Crippen LogP contribution in [-0.2, 0) is 22.3 Å². The van der Waals surface area contributed by atoms with Gasteiger partial charge in [0.2, 0.25) is 5.75 Å². The Morgan fingerprint density at radius 1 is 0.966 bits per heavy atom. The van der Waals surface area contributed by atoms with E-state index in [1.807, 2.05) is 24.3 Å². The molecule has 1 saturated heterocycles. The molecule has 0 unspecified atom stereocenters. The summed E-state index contributed by atoms with van der Waals surface area (Å²) in [6.45, 7) is 1.23. The van der Waals surface area contributed by atoms with Crippen molar-refractivity contribution in [1.82, 2.24) is 0 Å². The molecule has 0 N–H and O–H groups in total. The van der Waals surface area contributed by atoms with E-state index < -0.39 is 10.7 Å². The second-order valence-electron chi connectivity index (χ2n) is 7.46. The Morgan fingerprint density at radius 3 is 2.48 bits per heavy atom. The van der Waals surface area contributed by atoms with Gasteiger partial charge in [0.25, 0.3) is 0 Å². The maximum atomic E-state index is 11.6. The van der Waals surface area contributed by atoms with Crippen molar-refractivity contribution < 1.29 is 23.9 Å². The smallest absolute Gasteiger partial charge is 0.311 e. The highest BCUT2D eigenvalue weighted by Crippen LogP contribution is 2.39. The van der Waals surface area contributed by atoms with E-state index in [0.29, 0.717) is 24.7 Å². The minimum absolute atomic E-state index is 0.0382. The van der Waals surface area contributed by atoms with Gasteiger partial charge in [-0.15, -0.1) is 0 Å². The van der Waals surface area contributed by atoms with Crippen molar-refractivity contribution in [2.75, 3.05) is 20.3 Å². The van der Waals surface area contributed by atoms with Crippen molar-refractivity contribution in [3.8, 4) is 17.2 Å². The van der Waals surface area contributed by atoms with Gasteiger partial charge in [0.15, 0.2) is 17.3 Å². The zero-order chi connectivity index (χ0) is 20.3. The Balaban J connectivity index is 1.72. The summed E-state index contributed by atoms with van der Waals surface area (Å²) < 4.78 is 23.3. The number of ether oxygens (including phenoxy) is 4. The van der Waals surface area contributed by atoms with Crippen molar-refractivity contribution in [3.05, 3.63) is 57.6 Å². The van der Waals surface area contributed by atoms with Crippen molar-refractivity contribution in [2.45, 2.75) is 44.3 Å². The first-order valence-electron chi connectivity index (χ1n) is 9.99. The van der Waals surface area contributed by atoms with E-state index in [1.54, 1.807) is 19.2 Å². The molecule has 29 heavy (non-hydrogen) atoms. The maximum absolute atomic E-state index is 11.6. The predicted molar refractivity (Wildman–Crippen MR) is 107 cm³/mol. The molecule has 2 aromatic rings. The van der Waals surface area contributed by atoms with E-state index in [4.69, 9.17) is 18.9 Å². The molecule has 4 bridgehead atoms. The molecule has 1 spiro atoms. The van der Waals surface area contributed by atoms with E-state index in [9.17, 15) is 10.1 Å². The van der Waals surface area contributed by atoms with Crippen LogP contribution in [0.1, 0.15) is 36.8 Å². The Morgan fingerprint density at radius 2 is 1.72 bits per heavy atom. The zero-order valence-electron chi connectivity index (χ0n) is 16.5. The van der Waals surface area contributed by atoms with Gasteiger partial charge in [-0.05, 0) is 55.0 Å². The first-order valence-corrected chi connectivity index (χ1v) is 9.99. The van der Waals surface area contributed by atoms with Gasteiger partial charge in [-0.1, -0.05) is 12.1 Å². The number of hydrogen-bond donors (Lipinski definition) is 0. The van der Waals surface area contributed by atoms with E-state index >= 15 is 0 Å². The molecule has 3 heterocycles. The number of nitrogens with zero attached hydrogens (tertiary/aromatic N) is 1. The van der Waals surface area contributed by atoms with Crippen LogP contribution >= 0.6 is 0 Å². The van der Waals surface area contributed by atoms with E-state index in [2.05, 4.69) is 0 Å². The Hall–Kier alpha value is -2.64. The zero-order valence-corrected chi connectivity index (χ0v) is 16.5. The number of fused-ring (bicyclic) bond motifs is 6. The van der Waals surface area contributed by atoms with Crippen LogP contribution in [0.15, 0.2) is 36.4 Å². The van der Waals surface area contributed by atoms with Crippen molar-refractivity contribution in [2.24, 2.45) is 0 Å². The summed E-state index contributed by atoms with van der Waals surface area (Å²) >= 11 is 0. The fourth-order valence-corrected chi connectivity index (χ4v) is 3.99. The molecular formula is C22H25NO6. The summed E-state index contributed by atoms with van der Waals surface area (Å²) in [6, 6.07) is 10.8. The summed E-state index contributed by atoms with van der Waals surface area (Å²) in [5.41, 5.74) is 1.92. The highest BCUT2D eigenvalue weighted by atomic mass is 16.7. The van der Waals surface area contributed by atoms with Gasteiger partial charge in [-0.2, -0.15) is 0 Å². The third kappa shape index (κ3) is 4.36. The molecule has 0 saturated carbocycles. The molecule has 7 nitrogen and oxygen atoms in total. The summed E-state index contributed by atoms with van der Waals surface area (Å²) in [7, 11) is 1.55. The third-order valence-electron chi connectivity index (χ3n) is 5.55. The number of nitro groups is 1. The van der Waals surface area contributed by atoms with Gasteiger partial charge in [0.1, 0.15) is 0 Å². The molecule has 3 aliphatic heterocycles. The lowest BCUT2D eigenvalue weighted by Gasteiger charge is -2.27. The Bertz CT molecular complexity index is 891. The first kappa shape index (κ1) is 19.7. The van der Waals surface area contributed by atoms with E-state index in [-0.39, 0.29) is 11.4 Å². The number of nitro benzene ring substituents is 1. The normalized spacial score (nSPS) is 18.7. The number of rotatable bonds is 2. The van der Waals surface area contributed by atoms with Gasteiger partial charge < -0.3 is 18.9 Å². The van der Waals surface area contributed by atoms with Crippen molar-refractivity contribution in [1.29, 1.82) is 0 Å². The van der Waals surface area contributed by atoms with Crippen LogP contribution in [0.2, 0.25) is 0 Å². The number of benzene rings is 2. The monoisotopic (exact) mass is 399 g/mol. The molecule has 1 fully saturated rings. The van der Waals surface area contributed by atoms with Gasteiger partial charge in [-0.25, -0.2) is 0 Å². The number of methoxy groups -OCH3 is 1. The quantitative estimate of drug-likeness (QED) is 0.533. The van der Waals surface area contributed by atoms with Crippen LogP contribution in [-0.4, -0.2) is 31.0 Å². The van der Waals surface area contributed by atoms with Crippen LogP contribution in [0.25, 0.3) is 0 Å². The lowest BCUT2D eigenvalue weighted by molar-refractivity contribution is -0.385. The largest absolute Gasteiger partial charge is 0.493 e. The van der Waals surface area contributed by atoms with Crippen molar-refractivity contribution >= 4 is 5.69 Å². The minimum Gasteiger partial charge on any atom is -0.493 e.